The van der Waals surface area contributed by atoms with Crippen LogP contribution in [0.1, 0.15) is 17.3 Å². The molecule has 1 N–H and O–H groups in total. The highest BCUT2D eigenvalue weighted by Crippen LogP contribution is 2.36. The molecule has 1 atom stereocenters. The van der Waals surface area contributed by atoms with E-state index in [1.54, 1.807) is 54.3 Å². The number of nitrogens with zero attached hydrogens (tertiary/aromatic N) is 2. The summed E-state index contributed by atoms with van der Waals surface area (Å²) in [6.45, 7) is 3.04. The summed E-state index contributed by atoms with van der Waals surface area (Å²) in [5.74, 6) is 0.271. The third-order valence-electron chi connectivity index (χ3n) is 4.30. The molecule has 7 heteroatoms. The van der Waals surface area contributed by atoms with E-state index in [4.69, 9.17) is 16.3 Å². The van der Waals surface area contributed by atoms with E-state index in [1.165, 1.54) is 0 Å². The molecule has 2 amide bonds. The smallest absolute Gasteiger partial charge is 0.267 e. The maximum absolute atomic E-state index is 12.5. The summed E-state index contributed by atoms with van der Waals surface area (Å²) in [5.41, 5.74) is 1.82. The van der Waals surface area contributed by atoms with Crippen molar-refractivity contribution in [2.75, 3.05) is 37.4 Å². The van der Waals surface area contributed by atoms with E-state index < -0.39 is 6.10 Å². The highest BCUT2D eigenvalue weighted by molar-refractivity contribution is 6.30. The fourth-order valence-corrected chi connectivity index (χ4v) is 2.95. The van der Waals surface area contributed by atoms with Crippen molar-refractivity contribution in [2.24, 2.45) is 0 Å². The van der Waals surface area contributed by atoms with Gasteiger partial charge in [-0.3, -0.25) is 9.59 Å². The summed E-state index contributed by atoms with van der Waals surface area (Å²) in [7, 11) is 3.93. The predicted octanol–water partition coefficient (Wildman–Crippen LogP) is 3.27. The summed E-state index contributed by atoms with van der Waals surface area (Å²) in [5, 5.41) is 3.42. The summed E-state index contributed by atoms with van der Waals surface area (Å²) in [4.78, 5) is 28.6. The van der Waals surface area contributed by atoms with Gasteiger partial charge in [-0.25, -0.2) is 0 Å². The van der Waals surface area contributed by atoms with Gasteiger partial charge in [-0.15, -0.1) is 0 Å². The van der Waals surface area contributed by atoms with E-state index in [-0.39, 0.29) is 11.8 Å². The Morgan fingerprint density at radius 2 is 1.93 bits per heavy atom. The molecule has 0 fully saturated rings. The summed E-state index contributed by atoms with van der Waals surface area (Å²) >= 11 is 5.86. The van der Waals surface area contributed by atoms with Crippen LogP contribution in [0, 0.1) is 0 Å². The standard InChI is InChI=1S/C20H22ClN3O3/c1-13-20(26)24(11-10-23(2)3)17-9-8-16(12-18(17)27-13)22-19(25)14-4-6-15(21)7-5-14/h4-9,12-13H,10-11H2,1-3H3,(H,22,25). The average molecular weight is 388 g/mol. The molecular formula is C20H22ClN3O3. The number of amides is 2. The Labute approximate surface area is 163 Å². The zero-order valence-corrected chi connectivity index (χ0v) is 16.3. The van der Waals surface area contributed by atoms with E-state index in [0.29, 0.717) is 34.3 Å². The number of fused-ring (bicyclic) bond motifs is 1. The van der Waals surface area contributed by atoms with Crippen molar-refractivity contribution >= 4 is 34.8 Å². The first-order valence-electron chi connectivity index (χ1n) is 8.69. The molecular weight excluding hydrogens is 366 g/mol. The normalized spacial score (nSPS) is 16.1. The lowest BCUT2D eigenvalue weighted by Gasteiger charge is -2.34. The van der Waals surface area contributed by atoms with Gasteiger partial charge in [0.05, 0.1) is 5.69 Å². The van der Waals surface area contributed by atoms with Crippen LogP contribution in [0.15, 0.2) is 42.5 Å². The summed E-state index contributed by atoms with van der Waals surface area (Å²) in [6.07, 6.45) is -0.568. The zero-order valence-electron chi connectivity index (χ0n) is 15.5. The highest BCUT2D eigenvalue weighted by Gasteiger charge is 2.31. The number of hydrogen-bond donors (Lipinski definition) is 1. The van der Waals surface area contributed by atoms with Crippen LogP contribution >= 0.6 is 11.6 Å². The highest BCUT2D eigenvalue weighted by atomic mass is 35.5. The van der Waals surface area contributed by atoms with Gasteiger partial charge in [0.2, 0.25) is 0 Å². The van der Waals surface area contributed by atoms with Crippen LogP contribution in [0.3, 0.4) is 0 Å². The van der Waals surface area contributed by atoms with Crippen molar-refractivity contribution in [3.63, 3.8) is 0 Å². The Kier molecular flexibility index (Phi) is 5.68. The van der Waals surface area contributed by atoms with Crippen molar-refractivity contribution in [3.8, 4) is 5.75 Å². The van der Waals surface area contributed by atoms with Gasteiger partial charge in [-0.05, 0) is 57.4 Å². The van der Waals surface area contributed by atoms with E-state index in [1.807, 2.05) is 19.0 Å². The molecule has 0 aliphatic carbocycles. The van der Waals surface area contributed by atoms with Gasteiger partial charge in [-0.1, -0.05) is 11.6 Å². The van der Waals surface area contributed by atoms with Crippen LogP contribution in [0.25, 0.3) is 0 Å². The Balaban J connectivity index is 1.81. The third-order valence-corrected chi connectivity index (χ3v) is 4.56. The number of ether oxygens (including phenoxy) is 1. The molecule has 1 aliphatic heterocycles. The summed E-state index contributed by atoms with van der Waals surface area (Å²) in [6, 6.07) is 12.0. The van der Waals surface area contributed by atoms with Crippen LogP contribution < -0.4 is 15.0 Å². The van der Waals surface area contributed by atoms with E-state index in [0.717, 1.165) is 6.54 Å². The lowest BCUT2D eigenvalue weighted by molar-refractivity contribution is -0.125. The van der Waals surface area contributed by atoms with Crippen LogP contribution in [0.4, 0.5) is 11.4 Å². The molecule has 1 heterocycles. The lowest BCUT2D eigenvalue weighted by Crippen LogP contribution is -2.46. The van der Waals surface area contributed by atoms with E-state index in [2.05, 4.69) is 5.32 Å². The molecule has 0 saturated carbocycles. The maximum atomic E-state index is 12.5. The van der Waals surface area contributed by atoms with Crippen LogP contribution in [-0.4, -0.2) is 50.0 Å². The van der Waals surface area contributed by atoms with Gasteiger partial charge in [0.1, 0.15) is 5.75 Å². The fourth-order valence-electron chi connectivity index (χ4n) is 2.82. The molecule has 2 aromatic rings. The first kappa shape index (κ1) is 19.2. The predicted molar refractivity (Wildman–Crippen MR) is 107 cm³/mol. The SMILES string of the molecule is CC1Oc2cc(NC(=O)c3ccc(Cl)cc3)ccc2N(CCN(C)C)C1=O. The number of rotatable bonds is 5. The van der Waals surface area contributed by atoms with Gasteiger partial charge in [0.25, 0.3) is 11.8 Å². The van der Waals surface area contributed by atoms with E-state index >= 15 is 0 Å². The zero-order chi connectivity index (χ0) is 19.6. The fraction of sp³-hybridized carbons (Fsp3) is 0.300. The van der Waals surface area contributed by atoms with Crippen molar-refractivity contribution < 1.29 is 14.3 Å². The second kappa shape index (κ2) is 7.98. The van der Waals surface area contributed by atoms with Crippen molar-refractivity contribution in [2.45, 2.75) is 13.0 Å². The first-order valence-corrected chi connectivity index (χ1v) is 9.06. The second-order valence-electron chi connectivity index (χ2n) is 6.70. The summed E-state index contributed by atoms with van der Waals surface area (Å²) < 4.78 is 5.75. The number of benzene rings is 2. The molecule has 6 nitrogen and oxygen atoms in total. The van der Waals surface area contributed by atoms with Gasteiger partial charge in [-0.2, -0.15) is 0 Å². The second-order valence-corrected chi connectivity index (χ2v) is 7.13. The minimum atomic E-state index is -0.568. The Hall–Kier alpha value is -2.57. The number of carbonyl (C=O) groups is 2. The molecule has 0 spiro atoms. The minimum Gasteiger partial charge on any atom is -0.479 e. The number of nitrogens with one attached hydrogen (secondary N) is 1. The molecule has 142 valence electrons. The third kappa shape index (κ3) is 4.40. The number of hydrogen-bond acceptors (Lipinski definition) is 4. The molecule has 0 saturated heterocycles. The molecule has 0 aromatic heterocycles. The Morgan fingerprint density at radius 3 is 2.59 bits per heavy atom. The molecule has 2 aromatic carbocycles. The average Bonchev–Trinajstić information content (AvgIpc) is 2.62. The van der Waals surface area contributed by atoms with Crippen LogP contribution in [-0.2, 0) is 4.79 Å². The van der Waals surface area contributed by atoms with Crippen LogP contribution in [0.5, 0.6) is 5.75 Å². The molecule has 1 unspecified atom stereocenters. The molecule has 27 heavy (non-hydrogen) atoms. The van der Waals surface area contributed by atoms with Crippen molar-refractivity contribution in [1.29, 1.82) is 0 Å². The van der Waals surface area contributed by atoms with Gasteiger partial charge in [0, 0.05) is 35.4 Å². The topological polar surface area (TPSA) is 61.9 Å². The number of halogens is 1. The molecule has 0 radical (unpaired) electrons. The van der Waals surface area contributed by atoms with Gasteiger partial charge < -0.3 is 19.9 Å². The van der Waals surface area contributed by atoms with Crippen molar-refractivity contribution in [1.82, 2.24) is 4.90 Å². The quantitative estimate of drug-likeness (QED) is 0.855. The molecule has 3 rings (SSSR count). The number of carbonyl (C=O) groups excluding carboxylic acids is 2. The lowest BCUT2D eigenvalue weighted by atomic mass is 10.1. The van der Waals surface area contributed by atoms with Crippen molar-refractivity contribution in [3.05, 3.63) is 53.1 Å². The first-order chi connectivity index (χ1) is 12.8. The largest absolute Gasteiger partial charge is 0.479 e. The number of anilines is 2. The molecule has 1 aliphatic rings. The number of likely N-dealkylation sites (N-methyl/N-ethyl adjacent to an activating group) is 1. The minimum absolute atomic E-state index is 0.0673. The Morgan fingerprint density at radius 1 is 1.22 bits per heavy atom. The van der Waals surface area contributed by atoms with E-state index in [9.17, 15) is 9.59 Å². The maximum Gasteiger partial charge on any atom is 0.267 e. The monoisotopic (exact) mass is 387 g/mol. The van der Waals surface area contributed by atoms with Gasteiger partial charge >= 0.3 is 0 Å². The molecule has 0 bridgehead atoms. The van der Waals surface area contributed by atoms with Crippen LogP contribution in [0.2, 0.25) is 5.02 Å². The Bertz CT molecular complexity index is 852. The van der Waals surface area contributed by atoms with Gasteiger partial charge in [0.15, 0.2) is 6.10 Å².